The molecular weight excluding hydrogens is 402 g/mol. The Morgan fingerprint density at radius 2 is 2.11 bits per heavy atom. The van der Waals surface area contributed by atoms with E-state index in [0.717, 1.165) is 21.3 Å². The maximum atomic E-state index is 12.5. The third-order valence-corrected chi connectivity index (χ3v) is 6.39. The van der Waals surface area contributed by atoms with Gasteiger partial charge in [-0.05, 0) is 36.8 Å². The minimum Gasteiger partial charge on any atom is -0.351 e. The van der Waals surface area contributed by atoms with Crippen molar-refractivity contribution in [3.8, 4) is 5.69 Å². The number of Topliss-reactive ketones (excluding diaryl/α,β-unsaturated/α-hetero) is 1. The van der Waals surface area contributed by atoms with E-state index < -0.39 is 0 Å². The maximum absolute atomic E-state index is 12.5. The summed E-state index contributed by atoms with van der Waals surface area (Å²) in [4.78, 5) is 29.5. The summed E-state index contributed by atoms with van der Waals surface area (Å²) in [5.74, 6) is 0.239. The van der Waals surface area contributed by atoms with Crippen LogP contribution < -0.4 is 5.32 Å². The molecule has 0 saturated heterocycles. The highest BCUT2D eigenvalue weighted by molar-refractivity contribution is 7.99. The van der Waals surface area contributed by atoms with Gasteiger partial charge in [0.15, 0.2) is 10.9 Å². The SMILES string of the molecule is CC(=O)NCc1ccc(C(=O)CSc2nccn2-c2cccc(Cl)c2C)s1. The fourth-order valence-corrected chi connectivity index (χ4v) is 4.47. The van der Waals surface area contributed by atoms with Crippen LogP contribution in [0.25, 0.3) is 5.69 Å². The van der Waals surface area contributed by atoms with Crippen molar-refractivity contribution in [2.75, 3.05) is 5.75 Å². The number of halogens is 1. The quantitative estimate of drug-likeness (QED) is 0.452. The minimum absolute atomic E-state index is 0.0384. The molecule has 2 aromatic heterocycles. The van der Waals surface area contributed by atoms with E-state index in [1.165, 1.54) is 30.0 Å². The zero-order valence-electron chi connectivity index (χ0n) is 14.9. The second kappa shape index (κ2) is 8.73. The van der Waals surface area contributed by atoms with Gasteiger partial charge in [0.05, 0.1) is 22.9 Å². The molecule has 0 aliphatic heterocycles. The Morgan fingerprint density at radius 3 is 2.89 bits per heavy atom. The first-order chi connectivity index (χ1) is 13.0. The van der Waals surface area contributed by atoms with Crippen LogP contribution >= 0.6 is 34.7 Å². The van der Waals surface area contributed by atoms with E-state index >= 15 is 0 Å². The van der Waals surface area contributed by atoms with Gasteiger partial charge in [0, 0.05) is 29.2 Å². The van der Waals surface area contributed by atoms with Crippen molar-refractivity contribution < 1.29 is 9.59 Å². The predicted molar refractivity (Wildman–Crippen MR) is 110 cm³/mol. The summed E-state index contributed by atoms with van der Waals surface area (Å²) < 4.78 is 1.94. The predicted octanol–water partition coefficient (Wildman–Crippen LogP) is 4.51. The van der Waals surface area contributed by atoms with Crippen molar-refractivity contribution in [3.05, 3.63) is 63.1 Å². The van der Waals surface area contributed by atoms with Gasteiger partial charge in [-0.1, -0.05) is 29.4 Å². The average Bonchev–Trinajstić information content (AvgIpc) is 3.29. The first kappa shape index (κ1) is 19.7. The Morgan fingerprint density at radius 1 is 1.30 bits per heavy atom. The number of amides is 1. The van der Waals surface area contributed by atoms with Crippen molar-refractivity contribution in [3.63, 3.8) is 0 Å². The summed E-state index contributed by atoms with van der Waals surface area (Å²) in [6.07, 6.45) is 3.58. The van der Waals surface area contributed by atoms with Crippen molar-refractivity contribution in [2.45, 2.75) is 25.5 Å². The number of nitrogens with zero attached hydrogens (tertiary/aromatic N) is 2. The Hall–Kier alpha value is -2.09. The Bertz CT molecular complexity index is 981. The Labute approximate surface area is 170 Å². The van der Waals surface area contributed by atoms with Crippen molar-refractivity contribution in [1.29, 1.82) is 0 Å². The fourth-order valence-electron chi connectivity index (χ4n) is 2.47. The maximum Gasteiger partial charge on any atom is 0.217 e. The van der Waals surface area contributed by atoms with Crippen LogP contribution in [0.5, 0.6) is 0 Å². The van der Waals surface area contributed by atoms with E-state index in [9.17, 15) is 9.59 Å². The molecule has 0 radical (unpaired) electrons. The Balaban J connectivity index is 1.68. The number of thioether (sulfide) groups is 1. The molecule has 3 aromatic rings. The summed E-state index contributed by atoms with van der Waals surface area (Å²) in [5.41, 5.74) is 1.91. The van der Waals surface area contributed by atoms with Crippen molar-refractivity contribution >= 4 is 46.4 Å². The van der Waals surface area contributed by atoms with Crippen LogP contribution in [0.2, 0.25) is 5.02 Å². The molecule has 0 aliphatic carbocycles. The van der Waals surface area contributed by atoms with Crippen LogP contribution in [-0.4, -0.2) is 27.0 Å². The van der Waals surface area contributed by atoms with Crippen LogP contribution in [0.3, 0.4) is 0 Å². The van der Waals surface area contributed by atoms with E-state index in [-0.39, 0.29) is 17.4 Å². The second-order valence-corrected chi connectivity index (χ2v) is 8.37. The summed E-state index contributed by atoms with van der Waals surface area (Å²) in [6, 6.07) is 9.39. The lowest BCUT2D eigenvalue weighted by Crippen LogP contribution is -2.18. The zero-order chi connectivity index (χ0) is 19.4. The summed E-state index contributed by atoms with van der Waals surface area (Å²) >= 11 is 9.01. The van der Waals surface area contributed by atoms with Gasteiger partial charge in [0.25, 0.3) is 0 Å². The molecule has 0 aliphatic rings. The zero-order valence-corrected chi connectivity index (χ0v) is 17.2. The van der Waals surface area contributed by atoms with Crippen LogP contribution in [0.1, 0.15) is 27.0 Å². The van der Waals surface area contributed by atoms with Crippen LogP contribution in [-0.2, 0) is 11.3 Å². The summed E-state index contributed by atoms with van der Waals surface area (Å²) in [5, 5.41) is 4.17. The van der Waals surface area contributed by atoms with E-state index in [1.54, 1.807) is 12.3 Å². The molecule has 5 nitrogen and oxygen atoms in total. The lowest BCUT2D eigenvalue weighted by Gasteiger charge is -2.11. The first-order valence-corrected chi connectivity index (χ1v) is 10.4. The number of nitrogens with one attached hydrogen (secondary N) is 1. The van der Waals surface area contributed by atoms with E-state index in [1.807, 2.05) is 42.0 Å². The van der Waals surface area contributed by atoms with Crippen molar-refractivity contribution in [1.82, 2.24) is 14.9 Å². The highest BCUT2D eigenvalue weighted by Crippen LogP contribution is 2.27. The molecule has 0 atom stereocenters. The number of rotatable bonds is 7. The molecule has 2 heterocycles. The van der Waals surface area contributed by atoms with E-state index in [0.29, 0.717) is 16.4 Å². The van der Waals surface area contributed by atoms with Gasteiger partial charge < -0.3 is 5.32 Å². The standard InChI is InChI=1S/C19H18ClN3O2S2/c1-12-15(20)4-3-5-16(12)23-9-8-21-19(23)26-11-17(25)18-7-6-14(27-18)10-22-13(2)24/h3-9H,10-11H2,1-2H3,(H,22,24). The number of thiophene rings is 1. The normalized spacial score (nSPS) is 10.8. The third-order valence-electron chi connectivity index (χ3n) is 3.89. The Kier molecular flexibility index (Phi) is 6.36. The largest absolute Gasteiger partial charge is 0.351 e. The topological polar surface area (TPSA) is 64.0 Å². The average molecular weight is 420 g/mol. The van der Waals surface area contributed by atoms with E-state index in [2.05, 4.69) is 10.3 Å². The van der Waals surface area contributed by atoms with Gasteiger partial charge in [0.2, 0.25) is 5.91 Å². The fraction of sp³-hybridized carbons (Fsp3) is 0.211. The number of hydrogen-bond donors (Lipinski definition) is 1. The highest BCUT2D eigenvalue weighted by atomic mass is 35.5. The molecule has 3 rings (SSSR count). The number of imidazole rings is 1. The van der Waals surface area contributed by atoms with Crippen LogP contribution in [0, 0.1) is 6.92 Å². The van der Waals surface area contributed by atoms with E-state index in [4.69, 9.17) is 11.6 Å². The molecule has 0 unspecified atom stereocenters. The molecule has 27 heavy (non-hydrogen) atoms. The summed E-state index contributed by atoms with van der Waals surface area (Å²) in [6.45, 7) is 3.87. The molecule has 0 saturated carbocycles. The molecule has 1 N–H and O–H groups in total. The monoisotopic (exact) mass is 419 g/mol. The highest BCUT2D eigenvalue weighted by Gasteiger charge is 2.14. The molecule has 1 aromatic carbocycles. The molecule has 0 spiro atoms. The number of carbonyl (C=O) groups is 2. The molecule has 1 amide bonds. The summed E-state index contributed by atoms with van der Waals surface area (Å²) in [7, 11) is 0. The molecule has 8 heteroatoms. The lowest BCUT2D eigenvalue weighted by molar-refractivity contribution is -0.119. The molecular formula is C19H18ClN3O2S2. The number of ketones is 1. The number of aromatic nitrogens is 2. The van der Waals surface area contributed by atoms with Gasteiger partial charge in [-0.3, -0.25) is 14.2 Å². The van der Waals surface area contributed by atoms with Gasteiger partial charge in [-0.25, -0.2) is 4.98 Å². The third kappa shape index (κ3) is 4.80. The van der Waals surface area contributed by atoms with Gasteiger partial charge in [0.1, 0.15) is 0 Å². The first-order valence-electron chi connectivity index (χ1n) is 8.23. The van der Waals surface area contributed by atoms with Crippen LogP contribution in [0.4, 0.5) is 0 Å². The second-order valence-electron chi connectivity index (χ2n) is 5.85. The molecule has 0 fully saturated rings. The molecule has 140 valence electrons. The smallest absolute Gasteiger partial charge is 0.217 e. The van der Waals surface area contributed by atoms with Gasteiger partial charge in [-0.2, -0.15) is 0 Å². The van der Waals surface area contributed by atoms with Gasteiger partial charge >= 0.3 is 0 Å². The minimum atomic E-state index is -0.0880. The van der Waals surface area contributed by atoms with Gasteiger partial charge in [-0.15, -0.1) is 11.3 Å². The number of hydrogen-bond acceptors (Lipinski definition) is 5. The number of benzene rings is 1. The number of carbonyl (C=O) groups excluding carboxylic acids is 2. The van der Waals surface area contributed by atoms with Crippen LogP contribution in [0.15, 0.2) is 47.9 Å². The van der Waals surface area contributed by atoms with Crippen molar-refractivity contribution in [2.24, 2.45) is 0 Å². The lowest BCUT2D eigenvalue weighted by atomic mass is 10.2. The molecule has 0 bridgehead atoms.